The van der Waals surface area contributed by atoms with E-state index in [0.29, 0.717) is 12.2 Å². The van der Waals surface area contributed by atoms with Gasteiger partial charge in [0.05, 0.1) is 0 Å². The Morgan fingerprint density at radius 1 is 0.800 bits per heavy atom. The molecule has 2 rings (SSSR count). The molecule has 0 aromatic carbocycles. The molecule has 0 N–H and O–H groups in total. The highest BCUT2D eigenvalue weighted by Gasteiger charge is 2.51. The van der Waals surface area contributed by atoms with Crippen LogP contribution in [0, 0.1) is 11.8 Å². The van der Waals surface area contributed by atoms with Gasteiger partial charge in [0.1, 0.15) is 0 Å². The monoisotopic (exact) mass is 228 g/mol. The van der Waals surface area contributed by atoms with Crippen molar-refractivity contribution >= 4 is 0 Å². The van der Waals surface area contributed by atoms with E-state index < -0.39 is 35.3 Å². The molecule has 0 saturated heterocycles. The van der Waals surface area contributed by atoms with Gasteiger partial charge in [-0.15, -0.1) is 0 Å². The van der Waals surface area contributed by atoms with Crippen molar-refractivity contribution < 1.29 is 26.3 Å². The van der Waals surface area contributed by atoms with Crippen LogP contribution in [0.4, 0.5) is 26.3 Å². The number of rotatable bonds is 0. The summed E-state index contributed by atoms with van der Waals surface area (Å²) in [4.78, 5) is 0. The molecule has 0 aliphatic heterocycles. The second-order valence-corrected chi connectivity index (χ2v) is 3.69. The van der Waals surface area contributed by atoms with Crippen molar-refractivity contribution in [3.8, 4) is 0 Å². The molecule has 15 heavy (non-hydrogen) atoms. The molecule has 2 aliphatic rings. The lowest BCUT2D eigenvalue weighted by Crippen LogP contribution is -2.20. The second kappa shape index (κ2) is 2.80. The number of fused-ring (bicyclic) bond motifs is 2. The summed E-state index contributed by atoms with van der Waals surface area (Å²) >= 11 is 0. The lowest BCUT2D eigenvalue weighted by atomic mass is 9.99. The molecule has 2 aliphatic carbocycles. The third-order valence-corrected chi connectivity index (χ3v) is 2.72. The fourth-order valence-corrected chi connectivity index (χ4v) is 2.13. The summed E-state index contributed by atoms with van der Waals surface area (Å²) in [7, 11) is 0. The molecule has 2 unspecified atom stereocenters. The van der Waals surface area contributed by atoms with E-state index in [1.54, 1.807) is 0 Å². The number of allylic oxidation sites excluding steroid dienone is 4. The summed E-state index contributed by atoms with van der Waals surface area (Å²) < 4.78 is 73.6. The maximum absolute atomic E-state index is 12.3. The number of hydrogen-bond donors (Lipinski definition) is 0. The summed E-state index contributed by atoms with van der Waals surface area (Å²) in [5.41, 5.74) is -1.67. The fourth-order valence-electron chi connectivity index (χ4n) is 2.13. The largest absolute Gasteiger partial charge is 0.412 e. The van der Waals surface area contributed by atoms with Crippen LogP contribution in [0.25, 0.3) is 0 Å². The minimum absolute atomic E-state index is 0.0936. The molecule has 2 bridgehead atoms. The minimum Gasteiger partial charge on any atom is -0.166 e. The number of alkyl halides is 6. The van der Waals surface area contributed by atoms with Crippen LogP contribution in [0.15, 0.2) is 23.3 Å². The maximum atomic E-state index is 12.3. The summed E-state index contributed by atoms with van der Waals surface area (Å²) in [6.07, 6.45) is -7.70. The first kappa shape index (κ1) is 10.6. The topological polar surface area (TPSA) is 0 Å². The van der Waals surface area contributed by atoms with Crippen molar-refractivity contribution in [1.29, 1.82) is 0 Å². The molecule has 0 spiro atoms. The van der Waals surface area contributed by atoms with Crippen molar-refractivity contribution in [2.45, 2.75) is 18.8 Å². The van der Waals surface area contributed by atoms with Gasteiger partial charge in [-0.25, -0.2) is 0 Å². The summed E-state index contributed by atoms with van der Waals surface area (Å²) in [6.45, 7) is 0. The third-order valence-electron chi connectivity index (χ3n) is 2.72. The highest BCUT2D eigenvalue weighted by Crippen LogP contribution is 2.52. The molecule has 0 radical (unpaired) electrons. The lowest BCUT2D eigenvalue weighted by Gasteiger charge is -2.17. The Bertz CT molecular complexity index is 309. The van der Waals surface area contributed by atoms with E-state index in [1.165, 1.54) is 0 Å². The van der Waals surface area contributed by atoms with Crippen LogP contribution in [-0.4, -0.2) is 12.4 Å². The summed E-state index contributed by atoms with van der Waals surface area (Å²) in [6, 6.07) is 0. The van der Waals surface area contributed by atoms with Gasteiger partial charge in [0.15, 0.2) is 0 Å². The Morgan fingerprint density at radius 3 is 1.33 bits per heavy atom. The quantitative estimate of drug-likeness (QED) is 0.439. The predicted molar refractivity (Wildman–Crippen MR) is 39.9 cm³/mol. The van der Waals surface area contributed by atoms with Gasteiger partial charge >= 0.3 is 12.4 Å². The first-order valence-corrected chi connectivity index (χ1v) is 4.27. The Hall–Kier alpha value is -0.940. The van der Waals surface area contributed by atoms with E-state index in [0.717, 1.165) is 0 Å². The van der Waals surface area contributed by atoms with E-state index in [1.807, 2.05) is 0 Å². The van der Waals surface area contributed by atoms with Gasteiger partial charge < -0.3 is 0 Å². The standard InChI is InChI=1S/C9H6F6/c10-8(11,12)6-2-4-1-5(6)3-7(4)9(13,14)15/h2-5H,1H2. The third kappa shape index (κ3) is 1.66. The first-order chi connectivity index (χ1) is 6.69. The number of halogens is 6. The van der Waals surface area contributed by atoms with E-state index in [2.05, 4.69) is 0 Å². The molecule has 0 heterocycles. The summed E-state index contributed by atoms with van der Waals surface area (Å²) in [5, 5.41) is 0. The molecule has 6 heteroatoms. The average molecular weight is 228 g/mol. The molecule has 0 fully saturated rings. The Labute approximate surface area is 81.3 Å². The van der Waals surface area contributed by atoms with E-state index in [9.17, 15) is 26.3 Å². The van der Waals surface area contributed by atoms with Gasteiger partial charge in [0, 0.05) is 23.0 Å². The Kier molecular flexibility index (Phi) is 1.97. The van der Waals surface area contributed by atoms with Gasteiger partial charge in [-0.2, -0.15) is 26.3 Å². The van der Waals surface area contributed by atoms with Gasteiger partial charge in [-0.3, -0.25) is 0 Å². The van der Waals surface area contributed by atoms with Crippen molar-refractivity contribution in [3.63, 3.8) is 0 Å². The molecule has 0 aromatic heterocycles. The van der Waals surface area contributed by atoms with Crippen LogP contribution in [0.5, 0.6) is 0 Å². The van der Waals surface area contributed by atoms with E-state index >= 15 is 0 Å². The van der Waals surface area contributed by atoms with Gasteiger partial charge in [0.25, 0.3) is 0 Å². The average Bonchev–Trinajstić information content (AvgIpc) is 2.57. The van der Waals surface area contributed by atoms with Crippen LogP contribution >= 0.6 is 0 Å². The van der Waals surface area contributed by atoms with Crippen molar-refractivity contribution in [1.82, 2.24) is 0 Å². The van der Waals surface area contributed by atoms with Crippen molar-refractivity contribution in [2.24, 2.45) is 11.8 Å². The highest BCUT2D eigenvalue weighted by molar-refractivity contribution is 5.39. The minimum atomic E-state index is -4.51. The zero-order valence-corrected chi connectivity index (χ0v) is 7.28. The molecule has 0 nitrogen and oxygen atoms in total. The van der Waals surface area contributed by atoms with Crippen LogP contribution in [0.2, 0.25) is 0 Å². The number of hydrogen-bond acceptors (Lipinski definition) is 0. The first-order valence-electron chi connectivity index (χ1n) is 4.27. The molecule has 0 amide bonds. The Morgan fingerprint density at radius 2 is 1.13 bits per heavy atom. The normalized spacial score (nSPS) is 30.5. The molecule has 2 atom stereocenters. The van der Waals surface area contributed by atoms with Crippen LogP contribution in [-0.2, 0) is 0 Å². The fraction of sp³-hybridized carbons (Fsp3) is 0.556. The van der Waals surface area contributed by atoms with Crippen LogP contribution in [0.1, 0.15) is 6.42 Å². The van der Waals surface area contributed by atoms with E-state index in [-0.39, 0.29) is 6.42 Å². The molecule has 0 saturated carbocycles. The van der Waals surface area contributed by atoms with Gasteiger partial charge in [0.2, 0.25) is 0 Å². The summed E-state index contributed by atoms with van der Waals surface area (Å²) in [5.74, 6) is -2.21. The smallest absolute Gasteiger partial charge is 0.166 e. The van der Waals surface area contributed by atoms with E-state index in [4.69, 9.17) is 0 Å². The Balaban J connectivity index is 2.25. The predicted octanol–water partition coefficient (Wildman–Crippen LogP) is 3.61. The second-order valence-electron chi connectivity index (χ2n) is 3.69. The van der Waals surface area contributed by atoms with Crippen molar-refractivity contribution in [3.05, 3.63) is 23.3 Å². The highest BCUT2D eigenvalue weighted by atomic mass is 19.4. The molecule has 84 valence electrons. The zero-order chi connectivity index (χ0) is 11.4. The maximum Gasteiger partial charge on any atom is 0.412 e. The van der Waals surface area contributed by atoms with Crippen molar-refractivity contribution in [2.75, 3.05) is 0 Å². The van der Waals surface area contributed by atoms with Gasteiger partial charge in [-0.05, 0) is 6.42 Å². The molecule has 0 aromatic rings. The van der Waals surface area contributed by atoms with Gasteiger partial charge in [-0.1, -0.05) is 12.2 Å². The SMILES string of the molecule is FC(F)(F)C1=CC2CC1C=C2C(F)(F)F. The molecular formula is C9H6F6. The zero-order valence-electron chi connectivity index (χ0n) is 7.28. The lowest BCUT2D eigenvalue weighted by molar-refractivity contribution is -0.101. The van der Waals surface area contributed by atoms with Crippen LogP contribution < -0.4 is 0 Å². The molecular weight excluding hydrogens is 222 g/mol. The van der Waals surface area contributed by atoms with Crippen LogP contribution in [0.3, 0.4) is 0 Å².